The molecule has 0 radical (unpaired) electrons. The maximum atomic E-state index is 14.3. The number of hydrogen-bond acceptors (Lipinski definition) is 7. The molecular weight excluding hydrogens is 453 g/mol. The quantitative estimate of drug-likeness (QED) is 0.605. The Balaban J connectivity index is 1.41. The molecule has 186 valence electrons. The van der Waals surface area contributed by atoms with Crippen LogP contribution in [-0.2, 0) is 4.74 Å². The maximum Gasteiger partial charge on any atom is 0.410 e. The molecule has 0 aliphatic carbocycles. The smallest absolute Gasteiger partial charge is 0.410 e. The number of anilines is 2. The van der Waals surface area contributed by atoms with E-state index >= 15 is 0 Å². The van der Waals surface area contributed by atoms with Crippen LogP contribution in [0.3, 0.4) is 0 Å². The highest BCUT2D eigenvalue weighted by atomic mass is 19.1. The second-order valence-electron chi connectivity index (χ2n) is 9.94. The summed E-state index contributed by atoms with van der Waals surface area (Å²) < 4.78 is 21.3. The van der Waals surface area contributed by atoms with Crippen LogP contribution in [0.4, 0.5) is 20.7 Å². The molecule has 2 atom stereocenters. The fourth-order valence-corrected chi connectivity index (χ4v) is 4.15. The molecule has 1 saturated heterocycles. The molecule has 0 saturated carbocycles. The minimum atomic E-state index is -0.565. The maximum absolute atomic E-state index is 14.3. The van der Waals surface area contributed by atoms with Crippen molar-refractivity contribution in [3.05, 3.63) is 48.1 Å². The van der Waals surface area contributed by atoms with Gasteiger partial charge in [-0.15, -0.1) is 0 Å². The molecule has 1 aliphatic heterocycles. The lowest BCUT2D eigenvalue weighted by atomic mass is 10.1. The van der Waals surface area contributed by atoms with Gasteiger partial charge in [0.2, 0.25) is 0 Å². The van der Waals surface area contributed by atoms with Crippen molar-refractivity contribution in [3.63, 3.8) is 0 Å². The topological polar surface area (TPSA) is 105 Å². The van der Waals surface area contributed by atoms with Crippen molar-refractivity contribution in [1.82, 2.24) is 24.3 Å². The van der Waals surface area contributed by atoms with Crippen molar-refractivity contribution in [2.24, 2.45) is 5.92 Å². The van der Waals surface area contributed by atoms with Crippen LogP contribution in [0.25, 0.3) is 5.65 Å². The first-order chi connectivity index (χ1) is 16.4. The van der Waals surface area contributed by atoms with E-state index in [1.807, 2.05) is 25.7 Å². The van der Waals surface area contributed by atoms with Crippen LogP contribution in [-0.4, -0.2) is 68.0 Å². The van der Waals surface area contributed by atoms with Crippen molar-refractivity contribution < 1.29 is 18.7 Å². The molecule has 1 fully saturated rings. The Hall–Kier alpha value is -3.76. The number of pyridine rings is 1. The number of aromatic nitrogens is 4. The van der Waals surface area contributed by atoms with E-state index in [4.69, 9.17) is 4.74 Å². The SMILES string of the molecule is Cc1cn2cc(NC(=O)c3cnc(N4C[C@@H](C)[C@@H](N(C)C(=O)OC(C)(C)C)C4)cn3)cc(F)c2n1. The third-order valence-electron chi connectivity index (χ3n) is 5.83. The predicted octanol–water partition coefficient (Wildman–Crippen LogP) is 3.52. The number of nitrogens with zero attached hydrogens (tertiary/aromatic N) is 6. The first-order valence-electron chi connectivity index (χ1n) is 11.4. The average Bonchev–Trinajstić information content (AvgIpc) is 3.34. The Morgan fingerprint density at radius 1 is 1.20 bits per heavy atom. The van der Waals surface area contributed by atoms with Crippen LogP contribution >= 0.6 is 0 Å². The molecular formula is C24H30FN7O3. The molecule has 11 heteroatoms. The molecule has 3 aromatic rings. The molecule has 10 nitrogen and oxygen atoms in total. The van der Waals surface area contributed by atoms with E-state index in [2.05, 4.69) is 27.2 Å². The van der Waals surface area contributed by atoms with Gasteiger partial charge < -0.3 is 24.3 Å². The second-order valence-corrected chi connectivity index (χ2v) is 9.94. The van der Waals surface area contributed by atoms with Gasteiger partial charge in [-0.2, -0.15) is 0 Å². The summed E-state index contributed by atoms with van der Waals surface area (Å²) in [4.78, 5) is 41.5. The van der Waals surface area contributed by atoms with Crippen LogP contribution in [0.5, 0.6) is 0 Å². The highest BCUT2D eigenvalue weighted by molar-refractivity contribution is 6.02. The number of hydrogen-bond donors (Lipinski definition) is 1. The number of likely N-dealkylation sites (N-methyl/N-ethyl adjacent to an activating group) is 1. The summed E-state index contributed by atoms with van der Waals surface area (Å²) in [6.45, 7) is 10.6. The van der Waals surface area contributed by atoms with Gasteiger partial charge in [0.1, 0.15) is 17.1 Å². The number of amides is 2. The van der Waals surface area contributed by atoms with Gasteiger partial charge in [-0.3, -0.25) is 4.79 Å². The summed E-state index contributed by atoms with van der Waals surface area (Å²) in [6, 6.07) is 1.17. The number of carbonyl (C=O) groups is 2. The van der Waals surface area contributed by atoms with E-state index in [9.17, 15) is 14.0 Å². The first-order valence-corrected chi connectivity index (χ1v) is 11.4. The van der Waals surface area contributed by atoms with E-state index in [1.54, 1.807) is 31.3 Å². The molecule has 1 aliphatic rings. The van der Waals surface area contributed by atoms with E-state index in [0.29, 0.717) is 24.6 Å². The first kappa shape index (κ1) is 24.4. The number of ether oxygens (including phenoxy) is 1. The Morgan fingerprint density at radius 2 is 1.94 bits per heavy atom. The van der Waals surface area contributed by atoms with Gasteiger partial charge in [-0.1, -0.05) is 6.92 Å². The highest BCUT2D eigenvalue weighted by Gasteiger charge is 2.36. The molecule has 4 rings (SSSR count). The van der Waals surface area contributed by atoms with Gasteiger partial charge in [-0.25, -0.2) is 24.1 Å². The summed E-state index contributed by atoms with van der Waals surface area (Å²) in [5.41, 5.74) is 0.685. The van der Waals surface area contributed by atoms with Crippen LogP contribution in [0.1, 0.15) is 43.9 Å². The van der Waals surface area contributed by atoms with Gasteiger partial charge in [-0.05, 0) is 33.6 Å². The Morgan fingerprint density at radius 3 is 2.60 bits per heavy atom. The zero-order chi connectivity index (χ0) is 25.5. The Labute approximate surface area is 203 Å². The zero-order valence-corrected chi connectivity index (χ0v) is 20.7. The molecule has 1 N–H and O–H groups in total. The monoisotopic (exact) mass is 483 g/mol. The van der Waals surface area contributed by atoms with E-state index in [-0.39, 0.29) is 35.1 Å². The molecule has 0 spiro atoms. The molecule has 2 amide bonds. The largest absolute Gasteiger partial charge is 0.444 e. The van der Waals surface area contributed by atoms with Gasteiger partial charge in [0.05, 0.1) is 29.8 Å². The Bertz CT molecular complexity index is 1250. The Kier molecular flexibility index (Phi) is 6.35. The number of rotatable bonds is 4. The number of nitrogens with one attached hydrogen (secondary N) is 1. The fourth-order valence-electron chi connectivity index (χ4n) is 4.15. The van der Waals surface area contributed by atoms with Crippen LogP contribution in [0.15, 0.2) is 30.9 Å². The summed E-state index contributed by atoms with van der Waals surface area (Å²) in [5.74, 6) is -0.243. The van der Waals surface area contributed by atoms with Crippen molar-refractivity contribution in [1.29, 1.82) is 0 Å². The number of fused-ring (bicyclic) bond motifs is 1. The van der Waals surface area contributed by atoms with Crippen LogP contribution in [0, 0.1) is 18.7 Å². The normalized spacial score (nSPS) is 18.1. The van der Waals surface area contributed by atoms with Crippen LogP contribution < -0.4 is 10.2 Å². The second kappa shape index (κ2) is 9.12. The summed E-state index contributed by atoms with van der Waals surface area (Å²) in [7, 11) is 1.74. The fraction of sp³-hybridized carbons (Fsp3) is 0.458. The molecule has 0 bridgehead atoms. The van der Waals surface area contributed by atoms with Gasteiger partial charge >= 0.3 is 6.09 Å². The summed E-state index contributed by atoms with van der Waals surface area (Å²) >= 11 is 0. The molecule has 0 unspecified atom stereocenters. The molecule has 4 heterocycles. The molecule has 0 aromatic carbocycles. The van der Waals surface area contributed by atoms with Crippen LogP contribution in [0.2, 0.25) is 0 Å². The van der Waals surface area contributed by atoms with E-state index in [0.717, 1.165) is 0 Å². The number of halogens is 1. The minimum absolute atomic E-state index is 0.0498. The van der Waals surface area contributed by atoms with Gasteiger partial charge in [0.15, 0.2) is 11.5 Å². The van der Waals surface area contributed by atoms with Crippen molar-refractivity contribution in [2.75, 3.05) is 30.4 Å². The molecule has 3 aromatic heterocycles. The van der Waals surface area contributed by atoms with E-state index < -0.39 is 17.3 Å². The predicted molar refractivity (Wildman–Crippen MR) is 129 cm³/mol. The average molecular weight is 484 g/mol. The highest BCUT2D eigenvalue weighted by Crippen LogP contribution is 2.26. The number of imidazole rings is 1. The van der Waals surface area contributed by atoms with Gasteiger partial charge in [0.25, 0.3) is 5.91 Å². The lowest BCUT2D eigenvalue weighted by Crippen LogP contribution is -2.44. The van der Waals surface area contributed by atoms with E-state index in [1.165, 1.54) is 22.9 Å². The standard InChI is InChI=1S/C24H30FN7O3/c1-14-10-31(13-19(14)30(6)23(34)35-24(3,4)5)20-9-26-18(8-27-20)22(33)29-16-7-17(25)21-28-15(2)11-32(21)12-16/h7-9,11-12,14,19H,10,13H2,1-6H3,(H,29,33)/t14-,19+/m1/s1. The molecule has 35 heavy (non-hydrogen) atoms. The number of aryl methyl sites for hydroxylation is 1. The van der Waals surface area contributed by atoms with Crippen molar-refractivity contribution in [3.8, 4) is 0 Å². The van der Waals surface area contributed by atoms with Crippen molar-refractivity contribution >= 4 is 29.2 Å². The third-order valence-corrected chi connectivity index (χ3v) is 5.83. The third kappa shape index (κ3) is 5.33. The lowest BCUT2D eigenvalue weighted by Gasteiger charge is -2.30. The number of carbonyl (C=O) groups excluding carboxylic acids is 2. The van der Waals surface area contributed by atoms with Gasteiger partial charge in [0, 0.05) is 38.6 Å². The lowest BCUT2D eigenvalue weighted by molar-refractivity contribution is 0.0208. The minimum Gasteiger partial charge on any atom is -0.444 e. The summed E-state index contributed by atoms with van der Waals surface area (Å²) in [5, 5.41) is 2.65. The van der Waals surface area contributed by atoms with Crippen molar-refractivity contribution in [2.45, 2.75) is 46.3 Å². The summed E-state index contributed by atoms with van der Waals surface area (Å²) in [6.07, 6.45) is 5.81. The zero-order valence-electron chi connectivity index (χ0n) is 20.7.